The molecule has 0 aliphatic rings. The maximum Gasteiger partial charge on any atom is 0.335 e. The first-order chi connectivity index (χ1) is 9.88. The van der Waals surface area contributed by atoms with Gasteiger partial charge in [-0.25, -0.2) is 9.18 Å². The standard InChI is InChI=1S/C14H10FNO5/c1-8-6-10(3-4-11(8)14(17)18)21-13-5-2-9(15)7-12(13)16(19)20/h2-7H,1H3,(H,17,18). The number of aryl methyl sites for hydroxylation is 1. The maximum atomic E-state index is 13.0. The molecule has 0 saturated heterocycles. The van der Waals surface area contributed by atoms with Crippen LogP contribution >= 0.6 is 0 Å². The van der Waals surface area contributed by atoms with E-state index in [2.05, 4.69) is 0 Å². The average molecular weight is 291 g/mol. The highest BCUT2D eigenvalue weighted by Gasteiger charge is 2.17. The molecule has 0 aliphatic heterocycles. The van der Waals surface area contributed by atoms with Crippen molar-refractivity contribution in [2.45, 2.75) is 6.92 Å². The Morgan fingerprint density at radius 1 is 1.29 bits per heavy atom. The number of aromatic carboxylic acids is 1. The Morgan fingerprint density at radius 2 is 2.00 bits per heavy atom. The number of carboxylic acid groups (broad SMARTS) is 1. The first-order valence-corrected chi connectivity index (χ1v) is 5.84. The lowest BCUT2D eigenvalue weighted by Crippen LogP contribution is -2.00. The zero-order valence-electron chi connectivity index (χ0n) is 10.9. The quantitative estimate of drug-likeness (QED) is 0.687. The summed E-state index contributed by atoms with van der Waals surface area (Å²) in [6.07, 6.45) is 0. The molecule has 1 N–H and O–H groups in total. The van der Waals surface area contributed by atoms with E-state index in [9.17, 15) is 19.3 Å². The molecule has 0 atom stereocenters. The maximum absolute atomic E-state index is 13.0. The molecule has 0 unspecified atom stereocenters. The van der Waals surface area contributed by atoms with Gasteiger partial charge in [-0.15, -0.1) is 0 Å². The number of carbonyl (C=O) groups is 1. The van der Waals surface area contributed by atoms with Crippen molar-refractivity contribution in [2.75, 3.05) is 0 Å². The van der Waals surface area contributed by atoms with Crippen molar-refractivity contribution in [1.29, 1.82) is 0 Å². The number of halogens is 1. The van der Waals surface area contributed by atoms with Gasteiger partial charge in [0.05, 0.1) is 16.6 Å². The normalized spacial score (nSPS) is 10.2. The first-order valence-electron chi connectivity index (χ1n) is 5.84. The number of nitro groups is 1. The van der Waals surface area contributed by atoms with Gasteiger partial charge in [-0.1, -0.05) is 0 Å². The highest BCUT2D eigenvalue weighted by molar-refractivity contribution is 5.89. The van der Waals surface area contributed by atoms with E-state index < -0.39 is 22.4 Å². The zero-order chi connectivity index (χ0) is 15.6. The highest BCUT2D eigenvalue weighted by atomic mass is 19.1. The molecule has 0 saturated carbocycles. The van der Waals surface area contributed by atoms with Crippen LogP contribution in [0.4, 0.5) is 10.1 Å². The molecule has 0 bridgehead atoms. The molecule has 0 aromatic heterocycles. The summed E-state index contributed by atoms with van der Waals surface area (Å²) in [6.45, 7) is 1.58. The van der Waals surface area contributed by atoms with Crippen LogP contribution in [0.5, 0.6) is 11.5 Å². The van der Waals surface area contributed by atoms with Crippen LogP contribution in [-0.2, 0) is 0 Å². The predicted molar refractivity (Wildman–Crippen MR) is 71.3 cm³/mol. The van der Waals surface area contributed by atoms with Crippen LogP contribution in [0.3, 0.4) is 0 Å². The molecule has 0 spiro atoms. The van der Waals surface area contributed by atoms with Crippen LogP contribution < -0.4 is 4.74 Å². The van der Waals surface area contributed by atoms with Crippen molar-refractivity contribution in [3.05, 3.63) is 63.5 Å². The van der Waals surface area contributed by atoms with Crippen molar-refractivity contribution in [2.24, 2.45) is 0 Å². The zero-order valence-corrected chi connectivity index (χ0v) is 10.9. The average Bonchev–Trinajstić information content (AvgIpc) is 2.40. The van der Waals surface area contributed by atoms with E-state index in [4.69, 9.17) is 9.84 Å². The number of nitro benzene ring substituents is 1. The molecule has 0 aliphatic carbocycles. The van der Waals surface area contributed by atoms with Gasteiger partial charge < -0.3 is 9.84 Å². The van der Waals surface area contributed by atoms with E-state index in [1.54, 1.807) is 6.92 Å². The van der Waals surface area contributed by atoms with E-state index in [0.29, 0.717) is 5.56 Å². The molecule has 6 nitrogen and oxygen atoms in total. The molecule has 0 amide bonds. The van der Waals surface area contributed by atoms with Gasteiger partial charge >= 0.3 is 11.7 Å². The summed E-state index contributed by atoms with van der Waals surface area (Å²) in [5, 5.41) is 19.8. The second-order valence-electron chi connectivity index (χ2n) is 4.25. The molecule has 2 aromatic carbocycles. The number of carboxylic acids is 1. The van der Waals surface area contributed by atoms with Crippen molar-refractivity contribution in [3.8, 4) is 11.5 Å². The van der Waals surface area contributed by atoms with Crippen molar-refractivity contribution in [1.82, 2.24) is 0 Å². The minimum Gasteiger partial charge on any atom is -0.478 e. The molecular weight excluding hydrogens is 281 g/mol. The molecule has 0 heterocycles. The summed E-state index contributed by atoms with van der Waals surface area (Å²) in [4.78, 5) is 21.0. The monoisotopic (exact) mass is 291 g/mol. The summed E-state index contributed by atoms with van der Waals surface area (Å²) in [5.74, 6) is -1.71. The lowest BCUT2D eigenvalue weighted by molar-refractivity contribution is -0.385. The van der Waals surface area contributed by atoms with Gasteiger partial charge in [0, 0.05) is 0 Å². The fraction of sp³-hybridized carbons (Fsp3) is 0.0714. The van der Waals surface area contributed by atoms with Gasteiger partial charge in [0.1, 0.15) is 11.6 Å². The number of rotatable bonds is 4. The minimum atomic E-state index is -1.08. The Kier molecular flexibility index (Phi) is 3.84. The van der Waals surface area contributed by atoms with Crippen LogP contribution in [0, 0.1) is 22.9 Å². The molecular formula is C14H10FNO5. The first kappa shape index (κ1) is 14.4. The van der Waals surface area contributed by atoms with E-state index in [1.165, 1.54) is 18.2 Å². The number of hydrogen-bond acceptors (Lipinski definition) is 4. The van der Waals surface area contributed by atoms with Gasteiger partial charge in [0.2, 0.25) is 5.75 Å². The summed E-state index contributed by atoms with van der Waals surface area (Å²) < 4.78 is 18.4. The largest absolute Gasteiger partial charge is 0.478 e. The summed E-state index contributed by atoms with van der Waals surface area (Å²) >= 11 is 0. The third-order valence-electron chi connectivity index (χ3n) is 2.77. The predicted octanol–water partition coefficient (Wildman–Crippen LogP) is 3.53. The number of hydrogen-bond donors (Lipinski definition) is 1. The van der Waals surface area contributed by atoms with E-state index >= 15 is 0 Å². The second kappa shape index (κ2) is 5.58. The van der Waals surface area contributed by atoms with Crippen molar-refractivity contribution >= 4 is 11.7 Å². The summed E-state index contributed by atoms with van der Waals surface area (Å²) in [7, 11) is 0. The fourth-order valence-electron chi connectivity index (χ4n) is 1.79. The molecule has 0 fully saturated rings. The number of ether oxygens (including phenoxy) is 1. The lowest BCUT2D eigenvalue weighted by atomic mass is 10.1. The van der Waals surface area contributed by atoms with Gasteiger partial charge in [0.25, 0.3) is 0 Å². The Labute approximate surface area is 118 Å². The van der Waals surface area contributed by atoms with Gasteiger partial charge in [-0.05, 0) is 42.8 Å². The summed E-state index contributed by atoms with van der Waals surface area (Å²) in [5.41, 5.74) is 0.0516. The lowest BCUT2D eigenvalue weighted by Gasteiger charge is -2.08. The Hall–Kier alpha value is -2.96. The third kappa shape index (κ3) is 3.14. The molecule has 7 heteroatoms. The van der Waals surface area contributed by atoms with E-state index in [-0.39, 0.29) is 17.1 Å². The highest BCUT2D eigenvalue weighted by Crippen LogP contribution is 2.32. The molecule has 2 rings (SSSR count). The van der Waals surface area contributed by atoms with Gasteiger partial charge in [-0.2, -0.15) is 0 Å². The Balaban J connectivity index is 2.37. The van der Waals surface area contributed by atoms with Crippen LogP contribution in [0.1, 0.15) is 15.9 Å². The molecule has 0 radical (unpaired) electrons. The minimum absolute atomic E-state index is 0.107. The topological polar surface area (TPSA) is 89.7 Å². The van der Waals surface area contributed by atoms with Gasteiger partial charge in [-0.3, -0.25) is 10.1 Å². The fourth-order valence-corrected chi connectivity index (χ4v) is 1.79. The van der Waals surface area contributed by atoms with Crippen LogP contribution in [0.15, 0.2) is 36.4 Å². The van der Waals surface area contributed by atoms with Crippen LogP contribution in [0.25, 0.3) is 0 Å². The summed E-state index contributed by atoms with van der Waals surface area (Å²) in [6, 6.07) is 7.10. The molecule has 2 aromatic rings. The molecule has 21 heavy (non-hydrogen) atoms. The van der Waals surface area contributed by atoms with Gasteiger partial charge in [0.15, 0.2) is 0 Å². The Bertz CT molecular complexity index is 729. The third-order valence-corrected chi connectivity index (χ3v) is 2.77. The second-order valence-corrected chi connectivity index (χ2v) is 4.25. The molecule has 108 valence electrons. The van der Waals surface area contributed by atoms with Crippen molar-refractivity contribution < 1.29 is 24.0 Å². The number of benzene rings is 2. The van der Waals surface area contributed by atoms with E-state index in [0.717, 1.165) is 18.2 Å². The van der Waals surface area contributed by atoms with Crippen LogP contribution in [0.2, 0.25) is 0 Å². The van der Waals surface area contributed by atoms with Crippen molar-refractivity contribution in [3.63, 3.8) is 0 Å². The SMILES string of the molecule is Cc1cc(Oc2ccc(F)cc2[N+](=O)[O-])ccc1C(=O)O. The van der Waals surface area contributed by atoms with E-state index in [1.807, 2.05) is 0 Å². The smallest absolute Gasteiger partial charge is 0.335 e. The number of nitrogens with zero attached hydrogens (tertiary/aromatic N) is 1. The Morgan fingerprint density at radius 3 is 2.57 bits per heavy atom. The van der Waals surface area contributed by atoms with Crippen LogP contribution in [-0.4, -0.2) is 16.0 Å².